The van der Waals surface area contributed by atoms with Crippen LogP contribution in [0.5, 0.6) is 0 Å². The molecule has 0 spiro atoms. The van der Waals surface area contributed by atoms with Gasteiger partial charge in [0.25, 0.3) is 0 Å². The summed E-state index contributed by atoms with van der Waals surface area (Å²) in [5.74, 6) is 0. The Balaban J connectivity index is 2.30. The molecule has 0 aliphatic rings. The van der Waals surface area contributed by atoms with Crippen LogP contribution >= 0.6 is 23.2 Å². The summed E-state index contributed by atoms with van der Waals surface area (Å²) in [4.78, 5) is 0. The average molecular weight is 320 g/mol. The van der Waals surface area contributed by atoms with Gasteiger partial charge < -0.3 is 5.11 Å². The quantitative estimate of drug-likeness (QED) is 0.888. The normalized spacial score (nSPS) is 13.4. The molecule has 0 aliphatic carbocycles. The van der Waals surface area contributed by atoms with Crippen molar-refractivity contribution in [2.24, 2.45) is 0 Å². The Morgan fingerprint density at radius 2 is 1.81 bits per heavy atom. The summed E-state index contributed by atoms with van der Waals surface area (Å²) in [6.45, 7) is -0.280. The maximum absolute atomic E-state index is 9.79. The number of benzene rings is 2. The molecule has 2 aromatic carbocycles. The zero-order chi connectivity index (χ0) is 15.3. The highest BCUT2D eigenvalue weighted by Crippen LogP contribution is 2.35. The summed E-state index contributed by atoms with van der Waals surface area (Å²) >= 11 is 12.1. The van der Waals surface area contributed by atoms with E-state index in [4.69, 9.17) is 23.2 Å². The zero-order valence-corrected chi connectivity index (χ0v) is 12.9. The van der Waals surface area contributed by atoms with Gasteiger partial charge >= 0.3 is 0 Å². The lowest BCUT2D eigenvalue weighted by Gasteiger charge is -2.26. The predicted octanol–water partition coefficient (Wildman–Crippen LogP) is 4.38. The maximum atomic E-state index is 9.79. The molecule has 0 aliphatic heterocycles. The Morgan fingerprint density at radius 1 is 1.10 bits per heavy atom. The highest BCUT2D eigenvalue weighted by atomic mass is 35.5. The van der Waals surface area contributed by atoms with Gasteiger partial charge in [0.1, 0.15) is 5.41 Å². The molecule has 0 amide bonds. The van der Waals surface area contributed by atoms with Crippen LogP contribution in [0.4, 0.5) is 0 Å². The Morgan fingerprint density at radius 3 is 2.38 bits per heavy atom. The third-order valence-corrected chi connectivity index (χ3v) is 4.16. The van der Waals surface area contributed by atoms with Crippen molar-refractivity contribution in [3.8, 4) is 6.07 Å². The largest absolute Gasteiger partial charge is 0.394 e. The first-order valence-corrected chi connectivity index (χ1v) is 7.38. The molecule has 2 aromatic rings. The number of nitrogens with zero attached hydrogens (tertiary/aromatic N) is 1. The minimum atomic E-state index is -1.02. The van der Waals surface area contributed by atoms with E-state index in [1.807, 2.05) is 30.3 Å². The molecule has 1 atom stereocenters. The first-order chi connectivity index (χ1) is 10.1. The molecule has 1 unspecified atom stereocenters. The predicted molar refractivity (Wildman–Crippen MR) is 85.6 cm³/mol. The van der Waals surface area contributed by atoms with E-state index in [2.05, 4.69) is 6.07 Å². The van der Waals surface area contributed by atoms with Crippen molar-refractivity contribution in [1.29, 1.82) is 5.26 Å². The van der Waals surface area contributed by atoms with Crippen LogP contribution in [0.15, 0.2) is 48.5 Å². The van der Waals surface area contributed by atoms with Crippen molar-refractivity contribution >= 4 is 23.2 Å². The molecule has 21 heavy (non-hydrogen) atoms. The maximum Gasteiger partial charge on any atom is 0.107 e. The van der Waals surface area contributed by atoms with E-state index in [-0.39, 0.29) is 6.61 Å². The molecule has 0 bridgehead atoms. The fourth-order valence-corrected chi connectivity index (χ4v) is 2.92. The molecule has 0 aromatic heterocycles. The molecular weight excluding hydrogens is 305 g/mol. The zero-order valence-electron chi connectivity index (χ0n) is 11.4. The number of hydrogen-bond acceptors (Lipinski definition) is 2. The van der Waals surface area contributed by atoms with E-state index in [0.29, 0.717) is 28.5 Å². The van der Waals surface area contributed by atoms with Crippen molar-refractivity contribution in [1.82, 2.24) is 0 Å². The van der Waals surface area contributed by atoms with Gasteiger partial charge in [-0.2, -0.15) is 5.26 Å². The fourth-order valence-electron chi connectivity index (χ4n) is 2.33. The Kier molecular flexibility index (Phi) is 5.25. The van der Waals surface area contributed by atoms with Crippen LogP contribution in [-0.4, -0.2) is 11.7 Å². The number of aliphatic hydroxyl groups is 1. The Hall–Kier alpha value is -1.53. The van der Waals surface area contributed by atoms with Gasteiger partial charge in [0.2, 0.25) is 0 Å². The first kappa shape index (κ1) is 15.9. The highest BCUT2D eigenvalue weighted by molar-refractivity contribution is 6.35. The molecule has 0 heterocycles. The van der Waals surface area contributed by atoms with Gasteiger partial charge in [-0.1, -0.05) is 59.6 Å². The fraction of sp³-hybridized carbons (Fsp3) is 0.235. The third kappa shape index (κ3) is 3.57. The van der Waals surface area contributed by atoms with Crippen LogP contribution in [0, 0.1) is 11.3 Å². The summed E-state index contributed by atoms with van der Waals surface area (Å²) in [5, 5.41) is 20.3. The lowest BCUT2D eigenvalue weighted by Crippen LogP contribution is -2.30. The van der Waals surface area contributed by atoms with Crippen LogP contribution in [0.2, 0.25) is 10.0 Å². The molecule has 2 nitrogen and oxygen atoms in total. The monoisotopic (exact) mass is 319 g/mol. The second kappa shape index (κ2) is 6.95. The van der Waals surface area contributed by atoms with E-state index in [1.54, 1.807) is 18.2 Å². The molecule has 1 N–H and O–H groups in total. The lowest BCUT2D eigenvalue weighted by molar-refractivity contribution is 0.221. The standard InChI is InChI=1S/C17H15Cl2NO/c18-14-6-7-15(16(19)10-14)17(11-20,12-21)9-8-13-4-2-1-3-5-13/h1-7,10,21H,8-9,12H2. The summed E-state index contributed by atoms with van der Waals surface area (Å²) in [5.41, 5.74) is 0.725. The number of hydrogen-bond donors (Lipinski definition) is 1. The first-order valence-electron chi connectivity index (χ1n) is 6.63. The summed E-state index contributed by atoms with van der Waals surface area (Å²) in [6.07, 6.45) is 1.18. The summed E-state index contributed by atoms with van der Waals surface area (Å²) in [6, 6.07) is 17.1. The van der Waals surface area contributed by atoms with Crippen molar-refractivity contribution in [3.05, 3.63) is 69.7 Å². The van der Waals surface area contributed by atoms with Gasteiger partial charge in [-0.25, -0.2) is 0 Å². The van der Waals surface area contributed by atoms with Crippen LogP contribution in [-0.2, 0) is 11.8 Å². The second-order valence-electron chi connectivity index (χ2n) is 4.96. The van der Waals surface area contributed by atoms with Crippen molar-refractivity contribution in [3.63, 3.8) is 0 Å². The van der Waals surface area contributed by atoms with E-state index >= 15 is 0 Å². The van der Waals surface area contributed by atoms with Crippen LogP contribution < -0.4 is 0 Å². The van der Waals surface area contributed by atoms with Gasteiger partial charge in [-0.3, -0.25) is 0 Å². The van der Waals surface area contributed by atoms with Crippen LogP contribution in [0.1, 0.15) is 17.5 Å². The van der Waals surface area contributed by atoms with E-state index in [9.17, 15) is 10.4 Å². The van der Waals surface area contributed by atoms with E-state index in [1.165, 1.54) is 0 Å². The number of aryl methyl sites for hydroxylation is 1. The number of rotatable bonds is 5. The van der Waals surface area contributed by atoms with Crippen molar-refractivity contribution in [2.75, 3.05) is 6.61 Å². The van der Waals surface area contributed by atoms with Gasteiger partial charge in [-0.15, -0.1) is 0 Å². The molecule has 4 heteroatoms. The minimum Gasteiger partial charge on any atom is -0.394 e. The number of halogens is 2. The van der Waals surface area contributed by atoms with Crippen LogP contribution in [0.25, 0.3) is 0 Å². The average Bonchev–Trinajstić information content (AvgIpc) is 2.51. The Bertz CT molecular complexity index is 652. The van der Waals surface area contributed by atoms with Gasteiger partial charge in [0.05, 0.1) is 12.7 Å². The van der Waals surface area contributed by atoms with Crippen LogP contribution in [0.3, 0.4) is 0 Å². The minimum absolute atomic E-state index is 0.280. The molecule has 0 saturated carbocycles. The molecule has 2 rings (SSSR count). The molecule has 0 radical (unpaired) electrons. The second-order valence-corrected chi connectivity index (χ2v) is 5.81. The Labute approximate surface area is 134 Å². The van der Waals surface area contributed by atoms with Gasteiger partial charge in [0.15, 0.2) is 0 Å². The number of aliphatic hydroxyl groups excluding tert-OH is 1. The molecule has 108 valence electrons. The summed E-state index contributed by atoms with van der Waals surface area (Å²) in [7, 11) is 0. The highest BCUT2D eigenvalue weighted by Gasteiger charge is 2.33. The third-order valence-electron chi connectivity index (χ3n) is 3.61. The lowest BCUT2D eigenvalue weighted by atomic mass is 9.78. The van der Waals surface area contributed by atoms with Gasteiger partial charge in [0, 0.05) is 10.0 Å². The van der Waals surface area contributed by atoms with Gasteiger partial charge in [-0.05, 0) is 36.1 Å². The molecule has 0 saturated heterocycles. The van der Waals surface area contributed by atoms with Crippen molar-refractivity contribution < 1.29 is 5.11 Å². The SMILES string of the molecule is N#CC(CO)(CCc1ccccc1)c1ccc(Cl)cc1Cl. The smallest absolute Gasteiger partial charge is 0.107 e. The molecular formula is C17H15Cl2NO. The number of nitriles is 1. The van der Waals surface area contributed by atoms with Crippen molar-refractivity contribution in [2.45, 2.75) is 18.3 Å². The topological polar surface area (TPSA) is 44.0 Å². The summed E-state index contributed by atoms with van der Waals surface area (Å²) < 4.78 is 0. The van der Waals surface area contributed by atoms with E-state index < -0.39 is 5.41 Å². The van der Waals surface area contributed by atoms with E-state index in [0.717, 1.165) is 5.56 Å². The molecule has 0 fully saturated rings.